The summed E-state index contributed by atoms with van der Waals surface area (Å²) in [6.07, 6.45) is 0. The number of fused-ring (bicyclic) bond motifs is 1. The summed E-state index contributed by atoms with van der Waals surface area (Å²) >= 11 is 6.40. The summed E-state index contributed by atoms with van der Waals surface area (Å²) in [5, 5.41) is 13.4. The molecule has 2 N–H and O–H groups in total. The van der Waals surface area contributed by atoms with Gasteiger partial charge in [-0.15, -0.1) is 0 Å². The first kappa shape index (κ1) is 15.6. The van der Waals surface area contributed by atoms with E-state index in [1.165, 1.54) is 0 Å². The van der Waals surface area contributed by atoms with Crippen LogP contribution >= 0.6 is 11.6 Å². The highest BCUT2D eigenvalue weighted by Crippen LogP contribution is 2.30. The fourth-order valence-corrected chi connectivity index (χ4v) is 3.06. The summed E-state index contributed by atoms with van der Waals surface area (Å²) in [5.41, 5.74) is 3.66. The molecule has 0 aliphatic heterocycles. The second-order valence-corrected chi connectivity index (χ2v) is 5.88. The second-order valence-electron chi connectivity index (χ2n) is 5.50. The zero-order valence-electron chi connectivity index (χ0n) is 12.9. The van der Waals surface area contributed by atoms with Crippen LogP contribution in [0.25, 0.3) is 10.9 Å². The summed E-state index contributed by atoms with van der Waals surface area (Å²) in [5.74, 6) is -0.271. The Morgan fingerprint density at radius 1 is 1.26 bits per heavy atom. The van der Waals surface area contributed by atoms with Crippen LogP contribution in [-0.4, -0.2) is 15.6 Å². The molecule has 0 aliphatic carbocycles. The first-order valence-electron chi connectivity index (χ1n) is 7.27. The number of nitrogens with zero attached hydrogens (tertiary/aromatic N) is 1. The molecule has 1 heterocycles. The zero-order valence-corrected chi connectivity index (χ0v) is 13.7. The van der Waals surface area contributed by atoms with Crippen LogP contribution < -0.4 is 5.32 Å². The Kier molecular flexibility index (Phi) is 4.11. The third kappa shape index (κ3) is 2.71. The minimum Gasteiger partial charge on any atom is -0.392 e. The second kappa shape index (κ2) is 6.07. The van der Waals surface area contributed by atoms with Gasteiger partial charge in [-0.3, -0.25) is 4.79 Å². The van der Waals surface area contributed by atoms with Gasteiger partial charge in [-0.25, -0.2) is 0 Å². The summed E-state index contributed by atoms with van der Waals surface area (Å²) in [6.45, 7) is 1.83. The number of carbonyl (C=O) groups is 1. The highest BCUT2D eigenvalue weighted by molar-refractivity contribution is 6.39. The number of hydrogen-bond acceptors (Lipinski definition) is 2. The Morgan fingerprint density at radius 2 is 2.00 bits per heavy atom. The number of aromatic nitrogens is 1. The summed E-state index contributed by atoms with van der Waals surface area (Å²) < 4.78 is 1.79. The number of amides is 1. The number of carbonyl (C=O) groups excluding carboxylic acids is 1. The molecule has 0 saturated heterocycles. The van der Waals surface area contributed by atoms with Crippen LogP contribution in [0.3, 0.4) is 0 Å². The van der Waals surface area contributed by atoms with Crippen LogP contribution in [0.5, 0.6) is 0 Å². The molecule has 0 bridgehead atoms. The highest BCUT2D eigenvalue weighted by atomic mass is 35.5. The van der Waals surface area contributed by atoms with E-state index in [4.69, 9.17) is 11.6 Å². The van der Waals surface area contributed by atoms with Crippen LogP contribution in [0, 0.1) is 6.92 Å². The highest BCUT2D eigenvalue weighted by Gasteiger charge is 2.20. The number of rotatable bonds is 3. The van der Waals surface area contributed by atoms with Crippen LogP contribution in [-0.2, 0) is 13.7 Å². The molecular weight excluding hydrogens is 312 g/mol. The summed E-state index contributed by atoms with van der Waals surface area (Å²) in [4.78, 5) is 12.7. The van der Waals surface area contributed by atoms with Gasteiger partial charge in [-0.1, -0.05) is 41.9 Å². The predicted molar refractivity (Wildman–Crippen MR) is 93.0 cm³/mol. The van der Waals surface area contributed by atoms with E-state index in [2.05, 4.69) is 5.32 Å². The standard InChI is InChI=1S/C18H17ClN2O2/c1-11-7-8-12(10-22)9-14(11)20-18(23)17-16(19)13-5-3-4-6-15(13)21(17)2/h3-9,22H,10H2,1-2H3,(H,20,23). The quantitative estimate of drug-likeness (QED) is 0.766. The minimum absolute atomic E-state index is 0.0715. The van der Waals surface area contributed by atoms with E-state index in [1.807, 2.05) is 50.4 Å². The van der Waals surface area contributed by atoms with Crippen LogP contribution in [0.2, 0.25) is 5.02 Å². The lowest BCUT2D eigenvalue weighted by Crippen LogP contribution is -2.17. The van der Waals surface area contributed by atoms with Gasteiger partial charge < -0.3 is 15.0 Å². The Bertz CT molecular complexity index is 860. The fourth-order valence-electron chi connectivity index (χ4n) is 2.68. The Hall–Kier alpha value is -2.30. The van der Waals surface area contributed by atoms with Gasteiger partial charge in [0.05, 0.1) is 11.6 Å². The average Bonchev–Trinajstić information content (AvgIpc) is 2.81. The van der Waals surface area contributed by atoms with Crippen molar-refractivity contribution in [2.24, 2.45) is 7.05 Å². The molecule has 3 aromatic rings. The number of benzene rings is 2. The molecule has 0 aliphatic rings. The number of nitrogens with one attached hydrogen (secondary N) is 1. The molecule has 4 nitrogen and oxygen atoms in total. The van der Waals surface area contributed by atoms with Crippen molar-refractivity contribution in [3.05, 3.63) is 64.3 Å². The molecule has 0 spiro atoms. The van der Waals surface area contributed by atoms with E-state index in [0.29, 0.717) is 16.4 Å². The van der Waals surface area contributed by atoms with Crippen molar-refractivity contribution < 1.29 is 9.90 Å². The van der Waals surface area contributed by atoms with Crippen molar-refractivity contribution in [2.45, 2.75) is 13.5 Å². The molecule has 0 fully saturated rings. The maximum Gasteiger partial charge on any atom is 0.273 e. The molecule has 1 amide bonds. The first-order valence-corrected chi connectivity index (χ1v) is 7.65. The fraction of sp³-hybridized carbons (Fsp3) is 0.167. The van der Waals surface area contributed by atoms with E-state index in [0.717, 1.165) is 22.0 Å². The lowest BCUT2D eigenvalue weighted by Gasteiger charge is -2.11. The topological polar surface area (TPSA) is 54.3 Å². The smallest absolute Gasteiger partial charge is 0.273 e. The van der Waals surface area contributed by atoms with Crippen molar-refractivity contribution in [1.82, 2.24) is 4.57 Å². The Morgan fingerprint density at radius 3 is 2.70 bits per heavy atom. The largest absolute Gasteiger partial charge is 0.392 e. The molecule has 0 unspecified atom stereocenters. The van der Waals surface area contributed by atoms with Gasteiger partial charge in [-0.05, 0) is 30.2 Å². The van der Waals surface area contributed by atoms with Crippen LogP contribution in [0.1, 0.15) is 21.6 Å². The van der Waals surface area contributed by atoms with Crippen molar-refractivity contribution >= 4 is 34.1 Å². The Balaban J connectivity index is 2.02. The van der Waals surface area contributed by atoms with E-state index in [1.54, 1.807) is 10.6 Å². The maximum atomic E-state index is 12.7. The molecular formula is C18H17ClN2O2. The monoisotopic (exact) mass is 328 g/mol. The third-order valence-electron chi connectivity index (χ3n) is 3.99. The van der Waals surface area contributed by atoms with E-state index in [9.17, 15) is 9.90 Å². The number of anilines is 1. The molecule has 5 heteroatoms. The number of aliphatic hydroxyl groups is 1. The summed E-state index contributed by atoms with van der Waals surface area (Å²) in [6, 6.07) is 13.1. The SMILES string of the molecule is Cc1ccc(CO)cc1NC(=O)c1c(Cl)c2ccccc2n1C. The predicted octanol–water partition coefficient (Wildman–Crippen LogP) is 3.88. The number of aryl methyl sites for hydroxylation is 2. The number of para-hydroxylation sites is 1. The molecule has 0 atom stereocenters. The minimum atomic E-state index is -0.271. The Labute approximate surface area is 139 Å². The van der Waals surface area contributed by atoms with Crippen molar-refractivity contribution in [3.63, 3.8) is 0 Å². The normalized spacial score (nSPS) is 11.0. The van der Waals surface area contributed by atoms with Gasteiger partial charge in [0.1, 0.15) is 5.69 Å². The lowest BCUT2D eigenvalue weighted by atomic mass is 10.1. The average molecular weight is 329 g/mol. The molecule has 1 aromatic heterocycles. The van der Waals surface area contributed by atoms with E-state index >= 15 is 0 Å². The maximum absolute atomic E-state index is 12.7. The number of halogens is 1. The lowest BCUT2D eigenvalue weighted by molar-refractivity contribution is 0.102. The van der Waals surface area contributed by atoms with Gasteiger partial charge in [0.25, 0.3) is 5.91 Å². The number of aliphatic hydroxyl groups excluding tert-OH is 1. The van der Waals surface area contributed by atoms with Crippen LogP contribution in [0.15, 0.2) is 42.5 Å². The zero-order chi connectivity index (χ0) is 16.6. The molecule has 0 radical (unpaired) electrons. The van der Waals surface area contributed by atoms with E-state index in [-0.39, 0.29) is 12.5 Å². The van der Waals surface area contributed by atoms with Gasteiger partial charge in [0.2, 0.25) is 0 Å². The van der Waals surface area contributed by atoms with Crippen molar-refractivity contribution in [3.8, 4) is 0 Å². The van der Waals surface area contributed by atoms with Crippen molar-refractivity contribution in [2.75, 3.05) is 5.32 Å². The number of hydrogen-bond donors (Lipinski definition) is 2. The van der Waals surface area contributed by atoms with Gasteiger partial charge in [0, 0.05) is 23.6 Å². The molecule has 0 saturated carbocycles. The van der Waals surface area contributed by atoms with Crippen molar-refractivity contribution in [1.29, 1.82) is 0 Å². The summed E-state index contributed by atoms with van der Waals surface area (Å²) in [7, 11) is 1.82. The molecule has 23 heavy (non-hydrogen) atoms. The van der Waals surface area contributed by atoms with E-state index < -0.39 is 0 Å². The van der Waals surface area contributed by atoms with Crippen LogP contribution in [0.4, 0.5) is 5.69 Å². The van der Waals surface area contributed by atoms with Gasteiger partial charge in [0.15, 0.2) is 0 Å². The molecule has 3 rings (SSSR count). The first-order chi connectivity index (χ1) is 11.0. The third-order valence-corrected chi connectivity index (χ3v) is 4.38. The van der Waals surface area contributed by atoms with Gasteiger partial charge >= 0.3 is 0 Å². The van der Waals surface area contributed by atoms with Gasteiger partial charge in [-0.2, -0.15) is 0 Å². The molecule has 118 valence electrons. The molecule has 2 aromatic carbocycles.